The third-order valence-corrected chi connectivity index (χ3v) is 10.5. The first-order valence-corrected chi connectivity index (χ1v) is 19.4. The molecule has 15 nitrogen and oxygen atoms in total. The van der Waals surface area contributed by atoms with Crippen LogP contribution in [0.3, 0.4) is 0 Å². The molecule has 0 spiro atoms. The number of methoxy groups -OCH3 is 1. The summed E-state index contributed by atoms with van der Waals surface area (Å²) >= 11 is 0. The van der Waals surface area contributed by atoms with Crippen molar-refractivity contribution in [3.63, 3.8) is 0 Å². The first kappa shape index (κ1) is 46.8. The van der Waals surface area contributed by atoms with Crippen molar-refractivity contribution in [2.75, 3.05) is 21.2 Å². The van der Waals surface area contributed by atoms with Gasteiger partial charge in [0.25, 0.3) is 0 Å². The number of hydrogen-bond donors (Lipinski definition) is 3. The second-order valence-corrected chi connectivity index (χ2v) is 16.2. The number of cyclic esters (lactones) is 1. The van der Waals surface area contributed by atoms with Gasteiger partial charge in [0, 0.05) is 38.7 Å². The topological polar surface area (TPSA) is 197 Å². The van der Waals surface area contributed by atoms with E-state index in [-0.39, 0.29) is 37.4 Å². The van der Waals surface area contributed by atoms with E-state index in [4.69, 9.17) is 33.2 Å². The molecule has 2 fully saturated rings. The van der Waals surface area contributed by atoms with Crippen LogP contribution in [0.2, 0.25) is 0 Å². The Morgan fingerprint density at radius 3 is 2.33 bits per heavy atom. The van der Waals surface area contributed by atoms with Crippen molar-refractivity contribution in [1.29, 1.82) is 0 Å². The Labute approximate surface area is 325 Å². The summed E-state index contributed by atoms with van der Waals surface area (Å²) < 4.78 is 42.3. The fourth-order valence-electron chi connectivity index (χ4n) is 7.68. The Balaban J connectivity index is 1.90. The zero-order valence-electron chi connectivity index (χ0n) is 34.1. The zero-order valence-corrected chi connectivity index (χ0v) is 34.1. The molecule has 0 aromatic rings. The van der Waals surface area contributed by atoms with Gasteiger partial charge in [0.15, 0.2) is 24.5 Å². The number of esters is 2. The number of hydrogen-bond acceptors (Lipinski definition) is 15. The van der Waals surface area contributed by atoms with Crippen LogP contribution in [0.25, 0.3) is 0 Å². The summed E-state index contributed by atoms with van der Waals surface area (Å²) in [6.07, 6.45) is -3.87. The van der Waals surface area contributed by atoms with Gasteiger partial charge < -0.3 is 58.2 Å². The maximum Gasteiger partial charge on any atom is 0.308 e. The number of nitrogens with zero attached hydrogens (tertiary/aromatic N) is 1. The van der Waals surface area contributed by atoms with Crippen molar-refractivity contribution in [2.24, 2.45) is 17.8 Å². The van der Waals surface area contributed by atoms with E-state index in [1.54, 1.807) is 71.8 Å². The van der Waals surface area contributed by atoms with Crippen molar-refractivity contribution < 1.29 is 67.7 Å². The molecule has 0 aromatic heterocycles. The molecule has 0 saturated carbocycles. The molecule has 3 rings (SSSR count). The normalized spacial score (nSPS) is 41.1. The van der Waals surface area contributed by atoms with Gasteiger partial charge in [-0.25, -0.2) is 0 Å². The molecule has 15 atom stereocenters. The summed E-state index contributed by atoms with van der Waals surface area (Å²) in [6, 6.07) is -0.768. The standard InChI is InChI=1S/C40H65NO14/c1-22(2)18-30(45)53-38-26(6)51-32(21-40(38,7)48)54-35-25(5)52-39(34(47)33(35)41(8)9)55-36-27(16-17-42)19-23(3)28(43)15-13-11-12-14-24(4)50-31(46)20-29(44)37(36)49-10/h11-13,15,17,22-27,29,32-39,44,47-48H,14,16,18-21H2,1-10H3/b12-11-,15-13+/t23-,24-,25-,26+,27+,29-,32+,33-,34-,35-,36?,37+,38+,39+,40-/m1/s1. The molecule has 3 N–H and O–H groups in total. The first-order valence-electron chi connectivity index (χ1n) is 19.4. The van der Waals surface area contributed by atoms with Crippen LogP contribution in [0.1, 0.15) is 87.0 Å². The van der Waals surface area contributed by atoms with Crippen LogP contribution in [0, 0.1) is 17.8 Å². The molecule has 0 aromatic carbocycles. The van der Waals surface area contributed by atoms with Gasteiger partial charge in [-0.1, -0.05) is 39.0 Å². The summed E-state index contributed by atoms with van der Waals surface area (Å²) in [5.74, 6) is -2.50. The largest absolute Gasteiger partial charge is 0.462 e. The van der Waals surface area contributed by atoms with E-state index in [0.29, 0.717) is 12.7 Å². The maximum atomic E-state index is 13.1. The number of carbonyl (C=O) groups excluding carboxylic acids is 4. The lowest BCUT2D eigenvalue weighted by atomic mass is 9.83. The number of rotatable bonds is 11. The maximum absolute atomic E-state index is 13.1. The molecule has 3 aliphatic heterocycles. The minimum atomic E-state index is -1.49. The average molecular weight is 784 g/mol. The van der Waals surface area contributed by atoms with Crippen molar-refractivity contribution >= 4 is 24.0 Å². The molecule has 2 saturated heterocycles. The molecule has 0 bridgehead atoms. The minimum Gasteiger partial charge on any atom is -0.462 e. The number of allylic oxidation sites excluding steroid dienone is 3. The Morgan fingerprint density at radius 1 is 1.04 bits per heavy atom. The van der Waals surface area contributed by atoms with Gasteiger partial charge in [0.1, 0.15) is 36.3 Å². The molecule has 1 unspecified atom stereocenters. The number of aliphatic hydroxyl groups excluding tert-OH is 2. The van der Waals surface area contributed by atoms with Crippen molar-refractivity contribution in [1.82, 2.24) is 4.90 Å². The summed E-state index contributed by atoms with van der Waals surface area (Å²) in [6.45, 7) is 12.2. The molecule has 3 aliphatic rings. The Kier molecular flexibility index (Phi) is 18.1. The molecule has 15 heteroatoms. The van der Waals surface area contributed by atoms with Gasteiger partial charge in [0.05, 0.1) is 36.9 Å². The van der Waals surface area contributed by atoms with Crippen LogP contribution < -0.4 is 0 Å². The van der Waals surface area contributed by atoms with E-state index in [1.165, 1.54) is 13.2 Å². The fraction of sp³-hybridized carbons (Fsp3) is 0.800. The minimum absolute atomic E-state index is 0.0389. The molecule has 3 heterocycles. The van der Waals surface area contributed by atoms with E-state index in [1.807, 2.05) is 13.8 Å². The first-order chi connectivity index (χ1) is 25.8. The highest BCUT2D eigenvalue weighted by Crippen LogP contribution is 2.37. The predicted molar refractivity (Wildman–Crippen MR) is 199 cm³/mol. The lowest BCUT2D eigenvalue weighted by Crippen LogP contribution is -2.66. The number of likely N-dealkylation sites (N-methyl/N-ethyl adjacent to an activating group) is 1. The highest BCUT2D eigenvalue weighted by molar-refractivity contribution is 5.91. The molecular weight excluding hydrogens is 718 g/mol. The van der Waals surface area contributed by atoms with E-state index in [2.05, 4.69) is 0 Å². The summed E-state index contributed by atoms with van der Waals surface area (Å²) in [7, 11) is 4.83. The monoisotopic (exact) mass is 783 g/mol. The van der Waals surface area contributed by atoms with E-state index >= 15 is 0 Å². The van der Waals surface area contributed by atoms with Gasteiger partial charge in [-0.05, 0) is 66.1 Å². The Hall–Kier alpha value is -2.60. The Morgan fingerprint density at radius 2 is 1.73 bits per heavy atom. The van der Waals surface area contributed by atoms with Crippen molar-refractivity contribution in [2.45, 2.75) is 166 Å². The molecule has 55 heavy (non-hydrogen) atoms. The van der Waals surface area contributed by atoms with Gasteiger partial charge in [-0.15, -0.1) is 0 Å². The number of ether oxygens (including phenoxy) is 7. The van der Waals surface area contributed by atoms with Gasteiger partial charge in [-0.2, -0.15) is 0 Å². The summed E-state index contributed by atoms with van der Waals surface area (Å²) in [5, 5.41) is 34.7. The predicted octanol–water partition coefficient (Wildman–Crippen LogP) is 2.65. The van der Waals surface area contributed by atoms with Crippen LogP contribution in [-0.2, 0) is 52.3 Å². The molecule has 0 radical (unpaired) electrons. The summed E-state index contributed by atoms with van der Waals surface area (Å²) in [5.41, 5.74) is -1.49. The van der Waals surface area contributed by atoms with Crippen LogP contribution in [0.15, 0.2) is 24.3 Å². The highest BCUT2D eigenvalue weighted by atomic mass is 16.7. The van der Waals surface area contributed by atoms with Crippen LogP contribution in [0.5, 0.6) is 0 Å². The zero-order chi connectivity index (χ0) is 41.2. The Bertz CT molecular complexity index is 1320. The lowest BCUT2D eigenvalue weighted by Gasteiger charge is -2.50. The molecular formula is C40H65NO14. The number of aldehydes is 1. The SMILES string of the molecule is CO[C@@H]1C(O[C@@H]2O[C@H](C)[C@@H](O[C@H]3C[C@@](C)(O)[C@@H](OC(=O)CC(C)C)[C@H](C)O3)[C@H](N(C)C)[C@H]2O)[C@@H](CC=O)C[C@@H](C)C(=O)/C=C/C=C\C[C@@H](C)OC(=O)C[C@H]1O. The average Bonchev–Trinajstić information content (AvgIpc) is 3.06. The summed E-state index contributed by atoms with van der Waals surface area (Å²) in [4.78, 5) is 52.3. The fourth-order valence-corrected chi connectivity index (χ4v) is 7.68. The van der Waals surface area contributed by atoms with Crippen molar-refractivity contribution in [3.8, 4) is 0 Å². The molecule has 0 amide bonds. The highest BCUT2D eigenvalue weighted by Gasteiger charge is 2.52. The van der Waals surface area contributed by atoms with Crippen LogP contribution in [-0.4, -0.2) is 145 Å². The smallest absolute Gasteiger partial charge is 0.308 e. The number of aliphatic hydroxyl groups is 3. The van der Waals surface area contributed by atoms with E-state index in [0.717, 1.165) is 0 Å². The second kappa shape index (κ2) is 21.2. The lowest BCUT2D eigenvalue weighted by molar-refractivity contribution is -0.344. The number of ketones is 1. The van der Waals surface area contributed by atoms with Gasteiger partial charge in [-0.3, -0.25) is 14.4 Å². The van der Waals surface area contributed by atoms with Gasteiger partial charge >= 0.3 is 11.9 Å². The van der Waals surface area contributed by atoms with Crippen LogP contribution in [0.4, 0.5) is 0 Å². The van der Waals surface area contributed by atoms with Crippen molar-refractivity contribution in [3.05, 3.63) is 24.3 Å². The van der Waals surface area contributed by atoms with Crippen LogP contribution >= 0.6 is 0 Å². The quantitative estimate of drug-likeness (QED) is 0.204. The van der Waals surface area contributed by atoms with Gasteiger partial charge in [0.2, 0.25) is 0 Å². The number of carbonyl (C=O) groups is 4. The molecule has 314 valence electrons. The third kappa shape index (κ3) is 13.2. The van der Waals surface area contributed by atoms with E-state index < -0.39 is 109 Å². The molecule has 0 aliphatic carbocycles. The third-order valence-electron chi connectivity index (χ3n) is 10.5. The second-order valence-electron chi connectivity index (χ2n) is 16.2. The van der Waals surface area contributed by atoms with E-state index in [9.17, 15) is 34.5 Å².